The van der Waals surface area contributed by atoms with Gasteiger partial charge in [-0.3, -0.25) is 0 Å². The molecule has 0 aromatic rings. The molecule has 0 aromatic heterocycles. The van der Waals surface area contributed by atoms with Gasteiger partial charge in [-0.2, -0.15) is 0 Å². The van der Waals surface area contributed by atoms with Crippen LogP contribution < -0.4 is 0 Å². The predicted octanol–water partition coefficient (Wildman–Crippen LogP) is 3.71. The first-order valence-corrected chi connectivity index (χ1v) is 11.6. The lowest BCUT2D eigenvalue weighted by molar-refractivity contribution is -0.630. The molecule has 12 bridgehead atoms. The summed E-state index contributed by atoms with van der Waals surface area (Å²) in [5, 5.41) is 0. The summed E-state index contributed by atoms with van der Waals surface area (Å²) in [6.45, 7) is 0. The van der Waals surface area contributed by atoms with Crippen molar-refractivity contribution in [1.82, 2.24) is 0 Å². The standard InChI is InChI=1S/C28H20/c1-2-6-10-26-19-22-20(26)24-21(26)23(19)28(22,24)12-8-4-3-7-11-27-16-13-17(27)15-18(27)14(16)25(13,15)9-5-1/h5-24H/b9-5-,10-6-,11-7-,12-8-. The number of fused-ring (bicyclic) bond motifs is 4. The molecule has 0 aliphatic heterocycles. The van der Waals surface area contributed by atoms with Crippen LogP contribution in [0.25, 0.3) is 0 Å². The lowest BCUT2D eigenvalue weighted by atomic mass is 8.92. The Morgan fingerprint density at radius 3 is 0.679 bits per heavy atom. The SMILES string of the molecule is C1#C/C=C\C23C4C5C2C2C3C4C52/C=C\C#C/C=C\C23C4C5C2C2C3C4C52/C=C\1. The third-order valence-electron chi connectivity index (χ3n) is 13.6. The van der Waals surface area contributed by atoms with Crippen LogP contribution in [0.1, 0.15) is 0 Å². The number of hydrogen-bond donors (Lipinski definition) is 0. The monoisotopic (exact) mass is 356 g/mol. The van der Waals surface area contributed by atoms with Gasteiger partial charge in [0.05, 0.1) is 0 Å². The van der Waals surface area contributed by atoms with Crippen molar-refractivity contribution in [2.75, 3.05) is 0 Å². The Morgan fingerprint density at radius 1 is 0.321 bits per heavy atom. The molecule has 0 amide bonds. The largest absolute Gasteiger partial charge is 0.0706 e. The van der Waals surface area contributed by atoms with Crippen LogP contribution in [0.5, 0.6) is 0 Å². The molecule has 0 radical (unpaired) electrons. The Kier molecular flexibility index (Phi) is 1.33. The van der Waals surface area contributed by atoms with Gasteiger partial charge in [0.1, 0.15) is 0 Å². The van der Waals surface area contributed by atoms with Gasteiger partial charge in [0, 0.05) is 0 Å². The highest BCUT2D eigenvalue weighted by Crippen LogP contribution is 3.11. The molecular formula is C28H20. The minimum absolute atomic E-state index is 0.606. The maximum Gasteiger partial charge on any atom is -0.000573 e. The molecular weight excluding hydrogens is 336 g/mol. The molecule has 132 valence electrons. The predicted molar refractivity (Wildman–Crippen MR) is 104 cm³/mol. The first-order valence-electron chi connectivity index (χ1n) is 11.6. The van der Waals surface area contributed by atoms with E-state index in [9.17, 15) is 0 Å². The van der Waals surface area contributed by atoms with Crippen molar-refractivity contribution in [3.8, 4) is 23.7 Å². The van der Waals surface area contributed by atoms with Crippen LogP contribution in [0.4, 0.5) is 0 Å². The Balaban J connectivity index is 1.01. The highest BCUT2D eigenvalue weighted by Gasteiger charge is 3.09. The average Bonchev–Trinajstić information content (AvgIpc) is 2.74. The van der Waals surface area contributed by atoms with Crippen LogP contribution in [0.3, 0.4) is 0 Å². The normalized spacial score (nSPS) is 84.0. The highest BCUT2D eigenvalue weighted by molar-refractivity contribution is 5.62. The molecule has 0 unspecified atom stereocenters. The lowest BCUT2D eigenvalue weighted by Gasteiger charge is -3.11. The van der Waals surface area contributed by atoms with E-state index in [1.165, 1.54) is 0 Å². The first kappa shape index (κ1) is 12.6. The fourth-order valence-corrected chi connectivity index (χ4v) is 13.7. The molecule has 0 aromatic carbocycles. The van der Waals surface area contributed by atoms with Crippen LogP contribution in [0.15, 0.2) is 48.6 Å². The summed E-state index contributed by atoms with van der Waals surface area (Å²) in [6.07, 6.45) is 19.0. The molecule has 0 N–H and O–H groups in total. The zero-order chi connectivity index (χ0) is 17.4. The Bertz CT molecular complexity index is 943. The van der Waals surface area contributed by atoms with Gasteiger partial charge in [-0.25, -0.2) is 0 Å². The molecule has 28 heavy (non-hydrogen) atoms. The molecule has 14 rings (SSSR count). The second kappa shape index (κ2) is 2.96. The Labute approximate surface area is 165 Å². The van der Waals surface area contributed by atoms with E-state index in [-0.39, 0.29) is 0 Å². The number of allylic oxidation sites excluding steroid dienone is 8. The summed E-state index contributed by atoms with van der Waals surface area (Å²) in [7, 11) is 0. The van der Waals surface area contributed by atoms with E-state index in [1.807, 2.05) is 0 Å². The topological polar surface area (TPSA) is 0 Å². The van der Waals surface area contributed by atoms with Crippen LogP contribution in [0.2, 0.25) is 0 Å². The average molecular weight is 356 g/mol. The fourth-order valence-electron chi connectivity index (χ4n) is 13.7. The quantitative estimate of drug-likeness (QED) is 0.581. The maximum atomic E-state index is 3.37. The summed E-state index contributed by atoms with van der Waals surface area (Å²) < 4.78 is 0. The molecule has 0 nitrogen and oxygen atoms in total. The molecule has 0 heterocycles. The van der Waals surface area contributed by atoms with E-state index in [1.54, 1.807) is 0 Å². The fraction of sp³-hybridized carbons (Fsp3) is 0.571. The second-order valence-electron chi connectivity index (χ2n) is 12.2. The zero-order valence-electron chi connectivity index (χ0n) is 15.5. The molecule has 0 heteroatoms. The van der Waals surface area contributed by atoms with Crippen LogP contribution in [-0.4, -0.2) is 0 Å². The van der Waals surface area contributed by atoms with Crippen LogP contribution in [-0.2, 0) is 0 Å². The molecule has 14 aliphatic rings. The lowest BCUT2D eigenvalue weighted by Crippen LogP contribution is -3.08. The summed E-state index contributed by atoms with van der Waals surface area (Å²) >= 11 is 0. The van der Waals surface area contributed by atoms with Gasteiger partial charge in [0.15, 0.2) is 0 Å². The maximum absolute atomic E-state index is 3.37. The zero-order valence-corrected chi connectivity index (χ0v) is 15.5. The van der Waals surface area contributed by atoms with Gasteiger partial charge in [0.25, 0.3) is 0 Å². The van der Waals surface area contributed by atoms with E-state index in [0.29, 0.717) is 21.7 Å². The minimum Gasteiger partial charge on any atom is -0.0706 e. The molecule has 4 spiro atoms. The van der Waals surface area contributed by atoms with Gasteiger partial charge >= 0.3 is 0 Å². The molecule has 0 atom stereocenters. The van der Waals surface area contributed by atoms with Gasteiger partial charge in [-0.15, -0.1) is 0 Å². The van der Waals surface area contributed by atoms with Crippen LogP contribution >= 0.6 is 0 Å². The summed E-state index contributed by atoms with van der Waals surface area (Å²) in [5.41, 5.74) is 2.43. The highest BCUT2D eigenvalue weighted by atomic mass is 15.1. The van der Waals surface area contributed by atoms with Crippen molar-refractivity contribution in [2.45, 2.75) is 0 Å². The minimum atomic E-state index is 0.606. The van der Waals surface area contributed by atoms with Gasteiger partial charge in [-0.05, 0) is 117 Å². The van der Waals surface area contributed by atoms with Crippen molar-refractivity contribution in [3.05, 3.63) is 48.6 Å². The van der Waals surface area contributed by atoms with Crippen LogP contribution in [0, 0.1) is 116 Å². The van der Waals surface area contributed by atoms with Gasteiger partial charge < -0.3 is 0 Å². The molecule has 12 saturated carbocycles. The third-order valence-corrected chi connectivity index (χ3v) is 13.6. The number of rotatable bonds is 0. The Hall–Kier alpha value is -1.92. The Morgan fingerprint density at radius 2 is 0.500 bits per heavy atom. The van der Waals surface area contributed by atoms with Gasteiger partial charge in [0.2, 0.25) is 0 Å². The van der Waals surface area contributed by atoms with E-state index in [0.717, 1.165) is 71.0 Å². The summed E-state index contributed by atoms with van der Waals surface area (Å²) in [4.78, 5) is 0. The number of hydrogen-bond acceptors (Lipinski definition) is 0. The summed E-state index contributed by atoms with van der Waals surface area (Å²) in [5.74, 6) is 25.5. The molecule has 14 aliphatic carbocycles. The van der Waals surface area contributed by atoms with E-state index in [4.69, 9.17) is 0 Å². The van der Waals surface area contributed by atoms with Crippen molar-refractivity contribution in [1.29, 1.82) is 0 Å². The summed E-state index contributed by atoms with van der Waals surface area (Å²) in [6, 6.07) is 0. The van der Waals surface area contributed by atoms with E-state index >= 15 is 0 Å². The molecule has 0 saturated heterocycles. The van der Waals surface area contributed by atoms with Crippen molar-refractivity contribution in [2.24, 2.45) is 92.7 Å². The van der Waals surface area contributed by atoms with Crippen molar-refractivity contribution >= 4 is 0 Å². The van der Waals surface area contributed by atoms with E-state index in [2.05, 4.69) is 72.3 Å². The van der Waals surface area contributed by atoms with Crippen molar-refractivity contribution < 1.29 is 0 Å². The second-order valence-corrected chi connectivity index (χ2v) is 12.2. The van der Waals surface area contributed by atoms with Gasteiger partial charge in [-0.1, -0.05) is 48.0 Å². The smallest absolute Gasteiger partial charge is 0.000573 e. The third kappa shape index (κ3) is 0.654. The molecule has 12 fully saturated rings. The van der Waals surface area contributed by atoms with E-state index < -0.39 is 0 Å². The van der Waals surface area contributed by atoms with Crippen molar-refractivity contribution in [3.63, 3.8) is 0 Å². The first-order chi connectivity index (χ1) is 13.9.